The molecular formula is C14H17N3O3. The predicted molar refractivity (Wildman–Crippen MR) is 72.5 cm³/mol. The van der Waals surface area contributed by atoms with Gasteiger partial charge in [0.25, 0.3) is 0 Å². The number of carbonyl (C=O) groups excluding carboxylic acids is 2. The fraction of sp³-hybridized carbons (Fsp3) is 0.357. The molecule has 1 atom stereocenters. The molecule has 0 spiro atoms. The Morgan fingerprint density at radius 1 is 1.45 bits per heavy atom. The molecule has 0 unspecified atom stereocenters. The van der Waals surface area contributed by atoms with Gasteiger partial charge in [0, 0.05) is 19.0 Å². The van der Waals surface area contributed by atoms with Crippen molar-refractivity contribution >= 4 is 11.8 Å². The van der Waals surface area contributed by atoms with Gasteiger partial charge in [0.1, 0.15) is 5.75 Å². The van der Waals surface area contributed by atoms with E-state index in [1.807, 2.05) is 0 Å². The third-order valence-corrected chi connectivity index (χ3v) is 3.03. The van der Waals surface area contributed by atoms with E-state index in [1.54, 1.807) is 30.5 Å². The molecule has 0 aliphatic heterocycles. The minimum Gasteiger partial charge on any atom is -0.496 e. The summed E-state index contributed by atoms with van der Waals surface area (Å²) in [5, 5.41) is 8.62. The van der Waals surface area contributed by atoms with Crippen molar-refractivity contribution in [3.05, 3.63) is 29.8 Å². The summed E-state index contributed by atoms with van der Waals surface area (Å²) < 4.78 is 5.20. The van der Waals surface area contributed by atoms with Gasteiger partial charge in [0.05, 0.1) is 13.0 Å². The lowest BCUT2D eigenvalue weighted by atomic mass is 9.92. The number of primary amides is 1. The van der Waals surface area contributed by atoms with Crippen LogP contribution in [0.4, 0.5) is 0 Å². The van der Waals surface area contributed by atoms with E-state index < -0.39 is 11.8 Å². The molecule has 1 aromatic rings. The number of rotatable bonds is 6. The van der Waals surface area contributed by atoms with Gasteiger partial charge in [-0.25, -0.2) is 0 Å². The van der Waals surface area contributed by atoms with Gasteiger partial charge < -0.3 is 10.5 Å². The highest BCUT2D eigenvalue weighted by molar-refractivity contribution is 5.84. The van der Waals surface area contributed by atoms with Crippen LogP contribution in [-0.4, -0.2) is 30.9 Å². The van der Waals surface area contributed by atoms with E-state index in [0.29, 0.717) is 11.3 Å². The molecule has 0 radical (unpaired) electrons. The van der Waals surface area contributed by atoms with Gasteiger partial charge in [-0.1, -0.05) is 18.2 Å². The fourth-order valence-corrected chi connectivity index (χ4v) is 1.90. The van der Waals surface area contributed by atoms with E-state index in [-0.39, 0.29) is 18.7 Å². The molecule has 0 saturated heterocycles. The highest BCUT2D eigenvalue weighted by Gasteiger charge is 2.23. The second-order valence-electron chi connectivity index (χ2n) is 4.29. The predicted octanol–water partition coefficient (Wildman–Crippen LogP) is 0.984. The number of hydrogen-bond donors (Lipinski definition) is 1. The van der Waals surface area contributed by atoms with Gasteiger partial charge in [-0.15, -0.1) is 0 Å². The Bertz CT molecular complexity index is 537. The summed E-state index contributed by atoms with van der Waals surface area (Å²) in [6, 6.07) is 7.03. The maximum atomic E-state index is 11.6. The first-order valence-electron chi connectivity index (χ1n) is 6.09. The second kappa shape index (κ2) is 7.14. The number of methoxy groups -OCH3 is 1. The van der Waals surface area contributed by atoms with Crippen LogP contribution in [0, 0.1) is 11.5 Å². The normalized spacial score (nSPS) is 11.2. The number of nitrogens with two attached hydrogens (primary N) is 1. The molecule has 0 aliphatic carbocycles. The van der Waals surface area contributed by atoms with Crippen molar-refractivity contribution in [2.45, 2.75) is 18.8 Å². The SMILES string of the molecule is COc1ccccc1[C@H](CCC(=O)N(C)C#N)C(N)=O. The number of carbonyl (C=O) groups is 2. The van der Waals surface area contributed by atoms with E-state index in [1.165, 1.54) is 14.2 Å². The maximum Gasteiger partial charge on any atom is 0.235 e. The first-order valence-corrected chi connectivity index (χ1v) is 6.09. The summed E-state index contributed by atoms with van der Waals surface area (Å²) in [5.41, 5.74) is 6.05. The smallest absolute Gasteiger partial charge is 0.235 e. The summed E-state index contributed by atoms with van der Waals surface area (Å²) in [5.74, 6) is -0.949. The molecule has 1 rings (SSSR count). The Hall–Kier alpha value is -2.55. The molecule has 0 aromatic heterocycles. The second-order valence-corrected chi connectivity index (χ2v) is 4.29. The van der Waals surface area contributed by atoms with Gasteiger partial charge in [-0.2, -0.15) is 5.26 Å². The zero-order valence-corrected chi connectivity index (χ0v) is 11.5. The van der Waals surface area contributed by atoms with E-state index in [9.17, 15) is 9.59 Å². The first kappa shape index (κ1) is 15.5. The Kier molecular flexibility index (Phi) is 5.54. The third-order valence-electron chi connectivity index (χ3n) is 3.03. The zero-order valence-electron chi connectivity index (χ0n) is 11.5. The minimum absolute atomic E-state index is 0.0652. The molecule has 0 saturated carbocycles. The van der Waals surface area contributed by atoms with Crippen LogP contribution in [0.25, 0.3) is 0 Å². The summed E-state index contributed by atoms with van der Waals surface area (Å²) >= 11 is 0. The Morgan fingerprint density at radius 3 is 2.65 bits per heavy atom. The molecule has 1 aromatic carbocycles. The van der Waals surface area contributed by atoms with Crippen LogP contribution in [-0.2, 0) is 9.59 Å². The highest BCUT2D eigenvalue weighted by Crippen LogP contribution is 2.29. The van der Waals surface area contributed by atoms with Crippen LogP contribution in [0.1, 0.15) is 24.3 Å². The third kappa shape index (κ3) is 3.72. The summed E-state index contributed by atoms with van der Waals surface area (Å²) in [6.45, 7) is 0. The van der Waals surface area contributed by atoms with Gasteiger partial charge in [0.15, 0.2) is 6.19 Å². The van der Waals surface area contributed by atoms with Gasteiger partial charge in [-0.3, -0.25) is 14.5 Å². The van der Waals surface area contributed by atoms with Crippen LogP contribution in [0.15, 0.2) is 24.3 Å². The monoisotopic (exact) mass is 275 g/mol. The number of hydrogen-bond acceptors (Lipinski definition) is 4. The lowest BCUT2D eigenvalue weighted by Gasteiger charge is -2.17. The average Bonchev–Trinajstić information content (AvgIpc) is 2.46. The Morgan fingerprint density at radius 2 is 2.10 bits per heavy atom. The number of nitrogens with zero attached hydrogens (tertiary/aromatic N) is 2. The number of benzene rings is 1. The Labute approximate surface area is 117 Å². The molecule has 106 valence electrons. The molecule has 6 nitrogen and oxygen atoms in total. The molecule has 0 fully saturated rings. The number of amides is 2. The standard InChI is InChI=1S/C14H17N3O3/c1-17(9-15)13(18)8-7-11(14(16)19)10-5-3-4-6-12(10)20-2/h3-6,11H,7-8H2,1-2H3,(H2,16,19)/t11-/m0/s1. The van der Waals surface area contributed by atoms with Crippen molar-refractivity contribution in [1.82, 2.24) is 4.90 Å². The number of nitriles is 1. The molecule has 0 heterocycles. The van der Waals surface area contributed by atoms with Crippen molar-refractivity contribution in [3.63, 3.8) is 0 Å². The fourth-order valence-electron chi connectivity index (χ4n) is 1.90. The lowest BCUT2D eigenvalue weighted by Crippen LogP contribution is -2.26. The van der Waals surface area contributed by atoms with Crippen LogP contribution in [0.3, 0.4) is 0 Å². The van der Waals surface area contributed by atoms with E-state index in [0.717, 1.165) is 4.90 Å². The largest absolute Gasteiger partial charge is 0.496 e. The van der Waals surface area contributed by atoms with E-state index in [2.05, 4.69) is 0 Å². The average molecular weight is 275 g/mol. The van der Waals surface area contributed by atoms with Crippen LogP contribution in [0.2, 0.25) is 0 Å². The molecule has 2 amide bonds. The number of para-hydroxylation sites is 1. The summed E-state index contributed by atoms with van der Waals surface area (Å²) in [6.07, 6.45) is 2.02. The number of ether oxygens (including phenoxy) is 1. The highest BCUT2D eigenvalue weighted by atomic mass is 16.5. The molecule has 0 aliphatic rings. The molecular weight excluding hydrogens is 258 g/mol. The summed E-state index contributed by atoms with van der Waals surface area (Å²) in [7, 11) is 2.89. The van der Waals surface area contributed by atoms with Crippen LogP contribution >= 0.6 is 0 Å². The van der Waals surface area contributed by atoms with Gasteiger partial charge in [0.2, 0.25) is 11.8 Å². The lowest BCUT2D eigenvalue weighted by molar-refractivity contribution is -0.127. The molecule has 20 heavy (non-hydrogen) atoms. The van der Waals surface area contributed by atoms with Gasteiger partial charge >= 0.3 is 0 Å². The van der Waals surface area contributed by atoms with Crippen molar-refractivity contribution in [3.8, 4) is 11.9 Å². The topological polar surface area (TPSA) is 96.4 Å². The van der Waals surface area contributed by atoms with Crippen LogP contribution in [0.5, 0.6) is 5.75 Å². The van der Waals surface area contributed by atoms with Crippen molar-refractivity contribution in [2.75, 3.05) is 14.2 Å². The van der Waals surface area contributed by atoms with Crippen molar-refractivity contribution in [2.24, 2.45) is 5.73 Å². The quantitative estimate of drug-likeness (QED) is 0.618. The minimum atomic E-state index is -0.623. The molecule has 6 heteroatoms. The van der Waals surface area contributed by atoms with Crippen molar-refractivity contribution in [1.29, 1.82) is 5.26 Å². The van der Waals surface area contributed by atoms with E-state index >= 15 is 0 Å². The first-order chi connectivity index (χ1) is 9.51. The Balaban J connectivity index is 2.88. The molecule has 0 bridgehead atoms. The maximum absolute atomic E-state index is 11.6. The van der Waals surface area contributed by atoms with Crippen LogP contribution < -0.4 is 10.5 Å². The van der Waals surface area contributed by atoms with Crippen molar-refractivity contribution < 1.29 is 14.3 Å². The molecule has 2 N–H and O–H groups in total. The zero-order chi connectivity index (χ0) is 15.1. The van der Waals surface area contributed by atoms with E-state index in [4.69, 9.17) is 15.7 Å². The summed E-state index contributed by atoms with van der Waals surface area (Å²) in [4.78, 5) is 24.1. The van der Waals surface area contributed by atoms with Gasteiger partial charge in [-0.05, 0) is 12.5 Å².